The van der Waals surface area contributed by atoms with Crippen molar-refractivity contribution in [1.29, 1.82) is 0 Å². The smallest absolute Gasteiger partial charge is 0.193 e. The summed E-state index contributed by atoms with van der Waals surface area (Å²) in [6, 6.07) is 5.85. The van der Waals surface area contributed by atoms with Crippen molar-refractivity contribution in [1.82, 2.24) is 19.8 Å². The third-order valence-electron chi connectivity index (χ3n) is 3.34. The van der Waals surface area contributed by atoms with Gasteiger partial charge in [0, 0.05) is 43.7 Å². The number of rotatable bonds is 6. The van der Waals surface area contributed by atoms with Crippen LogP contribution in [-0.2, 0) is 13.6 Å². The van der Waals surface area contributed by atoms with Crippen LogP contribution in [0.4, 0.5) is 0 Å². The van der Waals surface area contributed by atoms with Gasteiger partial charge in [-0.25, -0.2) is 0 Å². The number of nitrogens with one attached hydrogen (secondary N) is 1. The van der Waals surface area contributed by atoms with Crippen molar-refractivity contribution in [3.63, 3.8) is 0 Å². The molecule has 0 aromatic carbocycles. The Labute approximate surface area is 145 Å². The molecule has 7 heteroatoms. The van der Waals surface area contributed by atoms with E-state index < -0.39 is 0 Å². The van der Waals surface area contributed by atoms with Gasteiger partial charge in [0.2, 0.25) is 0 Å². The highest BCUT2D eigenvalue weighted by Gasteiger charge is 2.09. The highest BCUT2D eigenvalue weighted by atomic mass is 79.9. The number of nitrogens with zero attached hydrogens (tertiary/aromatic N) is 4. The first-order chi connectivity index (χ1) is 11.1. The minimum absolute atomic E-state index is 0.550. The molecule has 6 nitrogen and oxygen atoms in total. The van der Waals surface area contributed by atoms with Gasteiger partial charge in [0.05, 0.1) is 19.3 Å². The second-order valence-electron chi connectivity index (χ2n) is 5.13. The predicted octanol–water partition coefficient (Wildman–Crippen LogP) is 2.27. The topological polar surface area (TPSA) is 54.7 Å². The zero-order valence-electron chi connectivity index (χ0n) is 13.7. The van der Waals surface area contributed by atoms with Gasteiger partial charge in [-0.05, 0) is 34.1 Å². The van der Waals surface area contributed by atoms with Crippen molar-refractivity contribution in [2.75, 3.05) is 27.2 Å². The number of hydrogen-bond donors (Lipinski definition) is 1. The van der Waals surface area contributed by atoms with Crippen molar-refractivity contribution in [3.8, 4) is 5.75 Å². The Morgan fingerprint density at radius 3 is 2.96 bits per heavy atom. The molecule has 2 aromatic rings. The normalized spacial score (nSPS) is 11.4. The van der Waals surface area contributed by atoms with E-state index >= 15 is 0 Å². The van der Waals surface area contributed by atoms with Crippen LogP contribution in [0.25, 0.3) is 0 Å². The van der Waals surface area contributed by atoms with Gasteiger partial charge in [-0.15, -0.1) is 0 Å². The molecule has 0 aliphatic heterocycles. The number of hydrogen-bond acceptors (Lipinski definition) is 3. The Hall–Kier alpha value is -2.02. The Bertz CT molecular complexity index is 641. The van der Waals surface area contributed by atoms with Crippen LogP contribution in [0.5, 0.6) is 5.75 Å². The molecule has 1 N–H and O–H groups in total. The zero-order valence-corrected chi connectivity index (χ0v) is 15.2. The highest BCUT2D eigenvalue weighted by Crippen LogP contribution is 2.14. The molecular weight excluding hydrogens is 358 g/mol. The lowest BCUT2D eigenvalue weighted by Gasteiger charge is -2.22. The van der Waals surface area contributed by atoms with E-state index in [1.807, 2.05) is 32.4 Å². The van der Waals surface area contributed by atoms with Crippen LogP contribution < -0.4 is 10.1 Å². The maximum Gasteiger partial charge on any atom is 0.193 e. The van der Waals surface area contributed by atoms with Crippen molar-refractivity contribution in [2.24, 2.45) is 12.0 Å². The lowest BCUT2D eigenvalue weighted by molar-refractivity contribution is 0.318. The van der Waals surface area contributed by atoms with Gasteiger partial charge < -0.3 is 19.5 Å². The zero-order chi connectivity index (χ0) is 16.7. The molecule has 2 rings (SSSR count). The number of pyridine rings is 1. The van der Waals surface area contributed by atoms with E-state index in [9.17, 15) is 0 Å². The average molecular weight is 380 g/mol. The number of guanidine groups is 1. The van der Waals surface area contributed by atoms with E-state index in [2.05, 4.69) is 46.8 Å². The third-order valence-corrected chi connectivity index (χ3v) is 3.77. The number of aliphatic imine (C=N–C) groups is 1. The van der Waals surface area contributed by atoms with Gasteiger partial charge in [-0.1, -0.05) is 0 Å². The first-order valence-electron chi connectivity index (χ1n) is 7.35. The van der Waals surface area contributed by atoms with Gasteiger partial charge in [-0.2, -0.15) is 0 Å². The Morgan fingerprint density at radius 1 is 1.52 bits per heavy atom. The summed E-state index contributed by atoms with van der Waals surface area (Å²) in [6.07, 6.45) is 5.47. The van der Waals surface area contributed by atoms with E-state index in [4.69, 9.17) is 4.74 Å². The number of halogens is 1. The molecule has 0 amide bonds. The minimum Gasteiger partial charge on any atom is -0.490 e. The first-order valence-corrected chi connectivity index (χ1v) is 8.15. The lowest BCUT2D eigenvalue weighted by Crippen LogP contribution is -2.40. The summed E-state index contributed by atoms with van der Waals surface area (Å²) in [5.41, 5.74) is 1.20. The summed E-state index contributed by atoms with van der Waals surface area (Å²) in [5.74, 6) is 1.60. The van der Waals surface area contributed by atoms with Crippen molar-refractivity contribution in [2.45, 2.75) is 6.54 Å². The molecule has 0 saturated carbocycles. The lowest BCUT2D eigenvalue weighted by atomic mass is 10.4. The summed E-state index contributed by atoms with van der Waals surface area (Å²) in [5, 5.41) is 3.30. The van der Waals surface area contributed by atoms with Crippen LogP contribution >= 0.6 is 15.9 Å². The molecule has 0 bridgehead atoms. The van der Waals surface area contributed by atoms with Crippen molar-refractivity contribution >= 4 is 21.9 Å². The summed E-state index contributed by atoms with van der Waals surface area (Å²) in [6.45, 7) is 1.99. The minimum atomic E-state index is 0.550. The second-order valence-corrected chi connectivity index (χ2v) is 6.04. The quantitative estimate of drug-likeness (QED) is 0.475. The summed E-state index contributed by atoms with van der Waals surface area (Å²) in [4.78, 5) is 10.4. The van der Waals surface area contributed by atoms with Crippen LogP contribution in [0.1, 0.15) is 5.69 Å². The summed E-state index contributed by atoms with van der Waals surface area (Å²) >= 11 is 3.49. The van der Waals surface area contributed by atoms with E-state index in [0.29, 0.717) is 13.2 Å². The van der Waals surface area contributed by atoms with Crippen LogP contribution in [0.3, 0.4) is 0 Å². The molecule has 2 aromatic heterocycles. The fraction of sp³-hybridized carbons (Fsp3) is 0.375. The van der Waals surface area contributed by atoms with E-state index in [1.54, 1.807) is 19.4 Å². The number of aryl methyl sites for hydroxylation is 1. The third kappa shape index (κ3) is 5.28. The molecule has 0 radical (unpaired) electrons. The van der Waals surface area contributed by atoms with E-state index in [-0.39, 0.29) is 0 Å². The Balaban J connectivity index is 1.79. The molecule has 23 heavy (non-hydrogen) atoms. The average Bonchev–Trinajstić information content (AvgIpc) is 2.85. The highest BCUT2D eigenvalue weighted by molar-refractivity contribution is 9.10. The fourth-order valence-corrected chi connectivity index (χ4v) is 2.76. The molecule has 0 spiro atoms. The molecule has 0 unspecified atom stereocenters. The molecule has 0 aliphatic carbocycles. The SMILES string of the molecule is CN=C(NCCOc1cccnc1)N(C)Cc1cc(Br)cn1C. The second kappa shape index (κ2) is 8.57. The molecule has 2 heterocycles. The number of aromatic nitrogens is 2. The Morgan fingerprint density at radius 2 is 2.35 bits per heavy atom. The molecule has 0 aliphatic rings. The molecule has 0 fully saturated rings. The van der Waals surface area contributed by atoms with Gasteiger partial charge in [-0.3, -0.25) is 9.98 Å². The van der Waals surface area contributed by atoms with Crippen LogP contribution in [0.15, 0.2) is 46.3 Å². The van der Waals surface area contributed by atoms with Crippen LogP contribution in [-0.4, -0.2) is 47.7 Å². The van der Waals surface area contributed by atoms with E-state index in [0.717, 1.165) is 22.7 Å². The van der Waals surface area contributed by atoms with Crippen molar-refractivity contribution in [3.05, 3.63) is 47.0 Å². The summed E-state index contributed by atoms with van der Waals surface area (Å²) < 4.78 is 8.79. The van der Waals surface area contributed by atoms with Gasteiger partial charge in [0.25, 0.3) is 0 Å². The van der Waals surface area contributed by atoms with Gasteiger partial charge in [0.15, 0.2) is 5.96 Å². The summed E-state index contributed by atoms with van der Waals surface area (Å²) in [7, 11) is 5.83. The van der Waals surface area contributed by atoms with E-state index in [1.165, 1.54) is 5.69 Å². The standard InChI is InChI=1S/C16H22BrN5O/c1-18-16(20-7-8-23-15-5-4-6-19-10-15)22(3)12-14-9-13(17)11-21(14)2/h4-6,9-11H,7-8,12H2,1-3H3,(H,18,20). The molecule has 124 valence electrons. The maximum atomic E-state index is 5.61. The van der Waals surface area contributed by atoms with Crippen molar-refractivity contribution < 1.29 is 4.74 Å². The van der Waals surface area contributed by atoms with Crippen LogP contribution in [0.2, 0.25) is 0 Å². The van der Waals surface area contributed by atoms with Crippen LogP contribution in [0, 0.1) is 0 Å². The number of ether oxygens (including phenoxy) is 1. The van der Waals surface area contributed by atoms with Gasteiger partial charge in [0.1, 0.15) is 12.4 Å². The molecule has 0 atom stereocenters. The van der Waals surface area contributed by atoms with Gasteiger partial charge >= 0.3 is 0 Å². The molecule has 0 saturated heterocycles. The Kier molecular flexibility index (Phi) is 6.46. The first kappa shape index (κ1) is 17.3. The molecular formula is C16H22BrN5O. The monoisotopic (exact) mass is 379 g/mol. The fourth-order valence-electron chi connectivity index (χ4n) is 2.19. The maximum absolute atomic E-state index is 5.61. The predicted molar refractivity (Wildman–Crippen MR) is 95.7 cm³/mol. The largest absolute Gasteiger partial charge is 0.490 e.